The van der Waals surface area contributed by atoms with Crippen molar-refractivity contribution >= 4 is 11.6 Å². The first-order valence-electron chi connectivity index (χ1n) is 5.75. The number of rotatable bonds is 3. The number of amides is 1. The zero-order valence-electron chi connectivity index (χ0n) is 10.4. The van der Waals surface area contributed by atoms with E-state index in [-0.39, 0.29) is 23.3 Å². The molecule has 0 spiro atoms. The van der Waals surface area contributed by atoms with Crippen LogP contribution >= 0.6 is 0 Å². The molecule has 1 aliphatic rings. The fourth-order valence-electron chi connectivity index (χ4n) is 1.56. The summed E-state index contributed by atoms with van der Waals surface area (Å²) in [7, 11) is 0. The van der Waals surface area contributed by atoms with E-state index in [1.54, 1.807) is 0 Å². The molecule has 0 saturated heterocycles. The van der Waals surface area contributed by atoms with Gasteiger partial charge in [-0.25, -0.2) is 0 Å². The Labute approximate surface area is 108 Å². The minimum absolute atomic E-state index is 0.0293. The summed E-state index contributed by atoms with van der Waals surface area (Å²) in [5.74, 6) is -0.615. The first-order chi connectivity index (χ1) is 8.78. The fourth-order valence-corrected chi connectivity index (χ4v) is 1.56. The lowest BCUT2D eigenvalue weighted by Gasteiger charge is -2.15. The summed E-state index contributed by atoms with van der Waals surface area (Å²) in [5, 5.41) is 2.54. The number of hydrogen-bond acceptors (Lipinski definition) is 4. The number of ether oxygens (including phenoxy) is 2. The Hall–Kier alpha value is -1.89. The van der Waals surface area contributed by atoms with Gasteiger partial charge in [-0.15, -0.1) is 8.78 Å². The zero-order valence-corrected chi connectivity index (χ0v) is 10.4. The Bertz CT molecular complexity index is 506. The number of carbonyl (C=O) groups excluding carboxylic acids is 1. The molecule has 0 bridgehead atoms. The molecule has 0 fully saturated rings. The van der Waals surface area contributed by atoms with Crippen LogP contribution in [0.3, 0.4) is 0 Å². The van der Waals surface area contributed by atoms with Gasteiger partial charge >= 0.3 is 6.29 Å². The summed E-state index contributed by atoms with van der Waals surface area (Å²) < 4.78 is 34.2. The third-order valence-corrected chi connectivity index (χ3v) is 2.69. The summed E-state index contributed by atoms with van der Waals surface area (Å²) in [4.78, 5) is 11.7. The number of nitrogens with one attached hydrogen (secondary N) is 1. The highest BCUT2D eigenvalue weighted by Gasteiger charge is 2.43. The Morgan fingerprint density at radius 3 is 2.58 bits per heavy atom. The molecule has 5 nitrogen and oxygen atoms in total. The van der Waals surface area contributed by atoms with Crippen LogP contribution in [0.5, 0.6) is 11.5 Å². The topological polar surface area (TPSA) is 73.6 Å². The standard InChI is InChI=1S/C12H14F2N2O3/c1-6(2)10(15)11(17)16-7-3-4-8-9(5-7)19-12(13,14)18-8/h3-6,10H,15H2,1-2H3,(H,16,17)/t10-/m0/s1. The second-order valence-corrected chi connectivity index (χ2v) is 4.59. The van der Waals surface area contributed by atoms with Crippen LogP contribution in [0.25, 0.3) is 0 Å². The van der Waals surface area contributed by atoms with Crippen LogP contribution in [0.4, 0.5) is 14.5 Å². The van der Waals surface area contributed by atoms with Gasteiger partial charge in [0.05, 0.1) is 6.04 Å². The molecule has 1 heterocycles. The Kier molecular flexibility index (Phi) is 3.32. The predicted octanol–water partition coefficient (Wildman–Crippen LogP) is 1.93. The quantitative estimate of drug-likeness (QED) is 0.881. The molecule has 7 heteroatoms. The molecule has 19 heavy (non-hydrogen) atoms. The van der Waals surface area contributed by atoms with E-state index in [0.29, 0.717) is 5.69 Å². The van der Waals surface area contributed by atoms with Crippen LogP contribution in [0.15, 0.2) is 18.2 Å². The maximum Gasteiger partial charge on any atom is 0.586 e. The lowest BCUT2D eigenvalue weighted by atomic mass is 10.0. The summed E-state index contributed by atoms with van der Waals surface area (Å²) in [6, 6.07) is 3.33. The molecular weight excluding hydrogens is 258 g/mol. The summed E-state index contributed by atoms with van der Waals surface area (Å²) in [5.41, 5.74) is 6.00. The molecule has 2 rings (SSSR count). The lowest BCUT2D eigenvalue weighted by molar-refractivity contribution is -0.286. The van der Waals surface area contributed by atoms with Gasteiger partial charge in [-0.3, -0.25) is 4.79 Å². The van der Waals surface area contributed by atoms with E-state index in [1.165, 1.54) is 18.2 Å². The maximum absolute atomic E-state index is 12.8. The van der Waals surface area contributed by atoms with Crippen LogP contribution in [0, 0.1) is 5.92 Å². The first kappa shape index (κ1) is 13.5. The van der Waals surface area contributed by atoms with E-state index in [0.717, 1.165) is 0 Å². The molecule has 0 aromatic heterocycles. The smallest absolute Gasteiger partial charge is 0.395 e. The highest BCUT2D eigenvalue weighted by atomic mass is 19.3. The zero-order chi connectivity index (χ0) is 14.2. The minimum Gasteiger partial charge on any atom is -0.395 e. The Morgan fingerprint density at radius 2 is 1.95 bits per heavy atom. The molecule has 0 saturated carbocycles. The van der Waals surface area contributed by atoms with Crippen LogP contribution < -0.4 is 20.5 Å². The Balaban J connectivity index is 2.11. The van der Waals surface area contributed by atoms with Gasteiger partial charge < -0.3 is 20.5 Å². The number of anilines is 1. The van der Waals surface area contributed by atoms with Crippen molar-refractivity contribution in [1.29, 1.82) is 0 Å². The summed E-state index contributed by atoms with van der Waals surface area (Å²) >= 11 is 0. The molecule has 0 unspecified atom stereocenters. The molecule has 1 amide bonds. The molecule has 1 atom stereocenters. The van der Waals surface area contributed by atoms with Gasteiger partial charge in [0.15, 0.2) is 11.5 Å². The number of hydrogen-bond donors (Lipinski definition) is 2. The van der Waals surface area contributed by atoms with Crippen molar-refractivity contribution in [1.82, 2.24) is 0 Å². The largest absolute Gasteiger partial charge is 0.586 e. The van der Waals surface area contributed by atoms with Crippen molar-refractivity contribution < 1.29 is 23.0 Å². The van der Waals surface area contributed by atoms with Gasteiger partial charge in [0.2, 0.25) is 5.91 Å². The number of carbonyl (C=O) groups is 1. The molecule has 104 valence electrons. The number of alkyl halides is 2. The monoisotopic (exact) mass is 272 g/mol. The van der Waals surface area contributed by atoms with E-state index >= 15 is 0 Å². The second kappa shape index (κ2) is 4.65. The van der Waals surface area contributed by atoms with Gasteiger partial charge in [-0.05, 0) is 18.1 Å². The fraction of sp³-hybridized carbons (Fsp3) is 0.417. The predicted molar refractivity (Wildman–Crippen MR) is 64.1 cm³/mol. The van der Waals surface area contributed by atoms with Crippen molar-refractivity contribution in [3.05, 3.63) is 18.2 Å². The average molecular weight is 272 g/mol. The number of halogens is 2. The molecule has 0 aliphatic carbocycles. The van der Waals surface area contributed by atoms with Crippen LogP contribution in [0.1, 0.15) is 13.8 Å². The number of fused-ring (bicyclic) bond motifs is 1. The van der Waals surface area contributed by atoms with E-state index in [1.807, 2.05) is 13.8 Å². The van der Waals surface area contributed by atoms with Crippen molar-refractivity contribution in [2.75, 3.05) is 5.32 Å². The van der Waals surface area contributed by atoms with E-state index in [9.17, 15) is 13.6 Å². The molecule has 0 radical (unpaired) electrons. The molecule has 1 aromatic carbocycles. The molecular formula is C12H14F2N2O3. The van der Waals surface area contributed by atoms with Crippen LogP contribution in [-0.4, -0.2) is 18.2 Å². The minimum atomic E-state index is -3.67. The highest BCUT2D eigenvalue weighted by Crippen LogP contribution is 2.42. The maximum atomic E-state index is 12.8. The van der Waals surface area contributed by atoms with E-state index in [2.05, 4.69) is 14.8 Å². The van der Waals surface area contributed by atoms with Gasteiger partial charge in [-0.1, -0.05) is 13.8 Å². The number of benzene rings is 1. The normalized spacial score (nSPS) is 17.4. The molecule has 1 aliphatic heterocycles. The first-order valence-corrected chi connectivity index (χ1v) is 5.75. The van der Waals surface area contributed by atoms with Gasteiger partial charge in [-0.2, -0.15) is 0 Å². The summed E-state index contributed by atoms with van der Waals surface area (Å²) in [6.45, 7) is 3.62. The van der Waals surface area contributed by atoms with Crippen molar-refractivity contribution in [2.45, 2.75) is 26.2 Å². The van der Waals surface area contributed by atoms with Crippen LogP contribution in [-0.2, 0) is 4.79 Å². The van der Waals surface area contributed by atoms with Crippen molar-refractivity contribution in [3.63, 3.8) is 0 Å². The van der Waals surface area contributed by atoms with Crippen LogP contribution in [0.2, 0.25) is 0 Å². The third-order valence-electron chi connectivity index (χ3n) is 2.69. The lowest BCUT2D eigenvalue weighted by Crippen LogP contribution is -2.39. The summed E-state index contributed by atoms with van der Waals surface area (Å²) in [6.07, 6.45) is -3.67. The van der Waals surface area contributed by atoms with Gasteiger partial charge in [0.25, 0.3) is 0 Å². The van der Waals surface area contributed by atoms with Crippen molar-refractivity contribution in [3.8, 4) is 11.5 Å². The molecule has 1 aromatic rings. The van der Waals surface area contributed by atoms with E-state index < -0.39 is 12.3 Å². The van der Waals surface area contributed by atoms with Crippen molar-refractivity contribution in [2.24, 2.45) is 11.7 Å². The SMILES string of the molecule is CC(C)[C@H](N)C(=O)Nc1ccc2c(c1)OC(F)(F)O2. The second-order valence-electron chi connectivity index (χ2n) is 4.59. The number of nitrogens with two attached hydrogens (primary N) is 1. The average Bonchev–Trinajstić information content (AvgIpc) is 2.60. The highest BCUT2D eigenvalue weighted by molar-refractivity contribution is 5.95. The Morgan fingerprint density at radius 1 is 1.32 bits per heavy atom. The molecule has 3 N–H and O–H groups in total. The van der Waals surface area contributed by atoms with Gasteiger partial charge in [0.1, 0.15) is 0 Å². The third kappa shape index (κ3) is 2.93. The van der Waals surface area contributed by atoms with Gasteiger partial charge in [0, 0.05) is 11.8 Å². The van der Waals surface area contributed by atoms with E-state index in [4.69, 9.17) is 5.73 Å².